The highest BCUT2D eigenvalue weighted by atomic mass is 32.2. The van der Waals surface area contributed by atoms with Crippen LogP contribution in [-0.4, -0.2) is 19.3 Å². The summed E-state index contributed by atoms with van der Waals surface area (Å²) in [5.74, 6) is 0.204. The number of carbonyl (C=O) groups excluding carboxylic acids is 1. The minimum Gasteiger partial charge on any atom is -0.468 e. The van der Waals surface area contributed by atoms with E-state index in [2.05, 4.69) is 15.0 Å². The Kier molecular flexibility index (Phi) is 5.97. The maximum absolute atomic E-state index is 12.4. The second kappa shape index (κ2) is 9.22. The van der Waals surface area contributed by atoms with Gasteiger partial charge < -0.3 is 4.42 Å². The molecule has 0 aliphatic heterocycles. The maximum Gasteiger partial charge on any atom is 0.250 e. The third-order valence-corrected chi connectivity index (χ3v) is 7.50. The Morgan fingerprint density at radius 1 is 1.00 bits per heavy atom. The van der Waals surface area contributed by atoms with Crippen molar-refractivity contribution in [3.05, 3.63) is 96.5 Å². The van der Waals surface area contributed by atoms with Gasteiger partial charge in [0.1, 0.15) is 5.76 Å². The fraction of sp³-hybridized carbons (Fsp3) is 0.0400. The average Bonchev–Trinajstić information content (AvgIpc) is 3.51. The molecule has 0 saturated carbocycles. The van der Waals surface area contributed by atoms with Gasteiger partial charge in [0.2, 0.25) is 15.9 Å². The first kappa shape index (κ1) is 22.0. The lowest BCUT2D eigenvalue weighted by atomic mass is 10.1. The van der Waals surface area contributed by atoms with Crippen LogP contribution in [0.25, 0.3) is 27.1 Å². The molecule has 0 radical (unpaired) electrons. The lowest BCUT2D eigenvalue weighted by Crippen LogP contribution is -2.22. The lowest BCUT2D eigenvalue weighted by molar-refractivity contribution is -0.111. The Labute approximate surface area is 199 Å². The van der Waals surface area contributed by atoms with Gasteiger partial charge >= 0.3 is 0 Å². The van der Waals surface area contributed by atoms with Gasteiger partial charge in [-0.15, -0.1) is 0 Å². The summed E-state index contributed by atoms with van der Waals surface area (Å²) in [6.45, 7) is 0.0682. The Morgan fingerprint density at radius 2 is 1.82 bits per heavy atom. The summed E-state index contributed by atoms with van der Waals surface area (Å²) in [7, 11) is -3.67. The summed E-state index contributed by atoms with van der Waals surface area (Å²) in [6, 6.07) is 21.7. The Hall–Kier alpha value is -3.79. The molecule has 3 aromatic carbocycles. The van der Waals surface area contributed by atoms with E-state index in [4.69, 9.17) is 4.42 Å². The summed E-state index contributed by atoms with van der Waals surface area (Å²) < 4.78 is 33.5. The number of nitrogens with one attached hydrogen (secondary N) is 2. The van der Waals surface area contributed by atoms with E-state index in [9.17, 15) is 13.2 Å². The Bertz CT molecular complexity index is 1600. The van der Waals surface area contributed by atoms with E-state index >= 15 is 0 Å². The van der Waals surface area contributed by atoms with Crippen LogP contribution in [-0.2, 0) is 21.4 Å². The minimum absolute atomic E-state index is 0.0682. The molecule has 0 unspecified atom stereocenters. The zero-order chi connectivity index (χ0) is 23.5. The molecule has 1 amide bonds. The summed E-state index contributed by atoms with van der Waals surface area (Å²) in [5.41, 5.74) is 1.55. The fourth-order valence-corrected chi connectivity index (χ4v) is 5.33. The normalized spacial score (nSPS) is 12.0. The van der Waals surface area contributed by atoms with Crippen molar-refractivity contribution in [1.82, 2.24) is 9.71 Å². The van der Waals surface area contributed by atoms with Crippen LogP contribution in [0.1, 0.15) is 11.3 Å². The predicted molar refractivity (Wildman–Crippen MR) is 134 cm³/mol. The highest BCUT2D eigenvalue weighted by Crippen LogP contribution is 2.31. The SMILES string of the molecule is O=C(/C=C/c1ccc(S(=O)(=O)NCc2ccco2)cc1)Nc1nc2c(ccc3ccccc32)s1. The molecule has 0 atom stereocenters. The van der Waals surface area contributed by atoms with Crippen molar-refractivity contribution in [2.45, 2.75) is 11.4 Å². The first-order chi connectivity index (χ1) is 16.5. The number of nitrogens with zero attached hydrogens (tertiary/aromatic N) is 1. The molecule has 0 aliphatic carbocycles. The highest BCUT2D eigenvalue weighted by molar-refractivity contribution is 7.89. The zero-order valence-electron chi connectivity index (χ0n) is 17.8. The number of hydrogen-bond acceptors (Lipinski definition) is 6. The molecule has 170 valence electrons. The maximum atomic E-state index is 12.4. The number of thiazole rings is 1. The average molecular weight is 490 g/mol. The van der Waals surface area contributed by atoms with Gasteiger partial charge in [0.25, 0.3) is 0 Å². The van der Waals surface area contributed by atoms with Gasteiger partial charge in [-0.05, 0) is 47.4 Å². The number of aromatic nitrogens is 1. The van der Waals surface area contributed by atoms with E-state index < -0.39 is 10.0 Å². The third kappa shape index (κ3) is 4.76. The first-order valence-electron chi connectivity index (χ1n) is 10.4. The van der Waals surface area contributed by atoms with Crippen LogP contribution in [0.5, 0.6) is 0 Å². The van der Waals surface area contributed by atoms with Gasteiger partial charge in [0.05, 0.1) is 27.9 Å². The van der Waals surface area contributed by atoms with Crippen LogP contribution in [0.2, 0.25) is 0 Å². The van der Waals surface area contributed by atoms with Crippen molar-refractivity contribution >= 4 is 59.5 Å². The molecule has 2 aromatic heterocycles. The Morgan fingerprint density at radius 3 is 2.62 bits per heavy atom. The molecule has 5 aromatic rings. The number of hydrogen-bond donors (Lipinski definition) is 2. The molecule has 0 spiro atoms. The van der Waals surface area contributed by atoms with Crippen LogP contribution in [0, 0.1) is 0 Å². The summed E-state index contributed by atoms with van der Waals surface area (Å²) in [5, 5.41) is 5.46. The van der Waals surface area contributed by atoms with Gasteiger partial charge in [-0.1, -0.05) is 53.8 Å². The predicted octanol–water partition coefficient (Wildman–Crippen LogP) is 5.17. The van der Waals surface area contributed by atoms with Gasteiger partial charge in [-0.3, -0.25) is 10.1 Å². The van der Waals surface area contributed by atoms with Crippen LogP contribution < -0.4 is 10.0 Å². The first-order valence-corrected chi connectivity index (χ1v) is 12.7. The van der Waals surface area contributed by atoms with Gasteiger partial charge in [0, 0.05) is 11.5 Å². The molecule has 0 saturated heterocycles. The molecule has 2 N–H and O–H groups in total. The van der Waals surface area contributed by atoms with Crippen molar-refractivity contribution in [1.29, 1.82) is 0 Å². The lowest BCUT2D eigenvalue weighted by Gasteiger charge is -2.05. The molecule has 34 heavy (non-hydrogen) atoms. The minimum atomic E-state index is -3.67. The van der Waals surface area contributed by atoms with E-state index in [1.54, 1.807) is 30.3 Å². The molecule has 0 bridgehead atoms. The van der Waals surface area contributed by atoms with Crippen LogP contribution >= 0.6 is 11.3 Å². The summed E-state index contributed by atoms with van der Waals surface area (Å²) in [4.78, 5) is 17.1. The molecule has 5 rings (SSSR count). The Balaban J connectivity index is 1.24. The molecule has 2 heterocycles. The molecule has 7 nitrogen and oxygen atoms in total. The van der Waals surface area contributed by atoms with Crippen LogP contribution in [0.3, 0.4) is 0 Å². The number of benzene rings is 3. The molecular formula is C25H19N3O4S2. The third-order valence-electron chi connectivity index (χ3n) is 5.15. The van der Waals surface area contributed by atoms with Gasteiger partial charge in [0.15, 0.2) is 5.13 Å². The fourth-order valence-electron chi connectivity index (χ4n) is 3.45. The quantitative estimate of drug-likeness (QED) is 0.307. The topological polar surface area (TPSA) is 101 Å². The van der Waals surface area contributed by atoms with Gasteiger partial charge in [-0.25, -0.2) is 18.1 Å². The largest absolute Gasteiger partial charge is 0.468 e. The van der Waals surface area contributed by atoms with Gasteiger partial charge in [-0.2, -0.15) is 0 Å². The van der Waals surface area contributed by atoms with Crippen LogP contribution in [0.4, 0.5) is 5.13 Å². The highest BCUT2D eigenvalue weighted by Gasteiger charge is 2.14. The smallest absolute Gasteiger partial charge is 0.250 e. The summed E-state index contributed by atoms with van der Waals surface area (Å²) >= 11 is 1.41. The molecular weight excluding hydrogens is 470 g/mol. The van der Waals surface area contributed by atoms with Crippen molar-refractivity contribution < 1.29 is 17.6 Å². The van der Waals surface area contributed by atoms with E-state index in [-0.39, 0.29) is 17.3 Å². The van der Waals surface area contributed by atoms with E-state index in [0.29, 0.717) is 16.5 Å². The monoisotopic (exact) mass is 489 g/mol. The van der Waals surface area contributed by atoms with E-state index in [1.807, 2.05) is 36.4 Å². The van der Waals surface area contributed by atoms with Crippen molar-refractivity contribution in [3.63, 3.8) is 0 Å². The van der Waals surface area contributed by atoms with Crippen LogP contribution in [0.15, 0.2) is 94.4 Å². The number of fused-ring (bicyclic) bond motifs is 3. The number of rotatable bonds is 7. The van der Waals surface area contributed by atoms with E-state index in [0.717, 1.165) is 21.0 Å². The number of amides is 1. The zero-order valence-corrected chi connectivity index (χ0v) is 19.4. The number of anilines is 1. The van der Waals surface area contributed by atoms with E-state index in [1.165, 1.54) is 35.8 Å². The second-order valence-corrected chi connectivity index (χ2v) is 10.2. The molecule has 0 aliphatic rings. The standard InChI is InChI=1S/C25H19N3O4S2/c29-23(27-25-28-24-21-6-2-1-4-18(21)10-13-22(24)33-25)14-9-17-7-11-20(12-8-17)34(30,31)26-16-19-5-3-15-32-19/h1-15,26H,16H2,(H,27,28,29)/b14-9+. The number of carbonyl (C=O) groups is 1. The van der Waals surface area contributed by atoms with Crippen molar-refractivity contribution in [3.8, 4) is 0 Å². The van der Waals surface area contributed by atoms with Crippen molar-refractivity contribution in [2.24, 2.45) is 0 Å². The molecule has 0 fully saturated rings. The van der Waals surface area contributed by atoms with Crippen molar-refractivity contribution in [2.75, 3.05) is 5.32 Å². The summed E-state index contributed by atoms with van der Waals surface area (Å²) in [6.07, 6.45) is 4.49. The second-order valence-electron chi connectivity index (χ2n) is 7.45. The molecule has 9 heteroatoms. The number of sulfonamides is 1. The number of furan rings is 1.